The zero-order valence-corrected chi connectivity index (χ0v) is 13.2. The van der Waals surface area contributed by atoms with Gasteiger partial charge in [-0.3, -0.25) is 9.89 Å². The number of H-pyrrole nitrogens is 1. The molecule has 5 nitrogen and oxygen atoms in total. The quantitative estimate of drug-likeness (QED) is 0.811. The van der Waals surface area contributed by atoms with Gasteiger partial charge >= 0.3 is 0 Å². The SMILES string of the molecule is CCC(NC(=O)c1n[nH]c2c1CNCC2)c1ccc(Cl)cc1. The lowest BCUT2D eigenvalue weighted by molar-refractivity contribution is 0.0929. The van der Waals surface area contributed by atoms with Crippen molar-refractivity contribution in [3.05, 3.63) is 51.8 Å². The normalized spacial score (nSPS) is 15.2. The van der Waals surface area contributed by atoms with E-state index in [1.807, 2.05) is 31.2 Å². The van der Waals surface area contributed by atoms with E-state index in [4.69, 9.17) is 11.6 Å². The van der Waals surface area contributed by atoms with Crippen LogP contribution in [0.4, 0.5) is 0 Å². The zero-order valence-electron chi connectivity index (χ0n) is 12.4. The Morgan fingerprint density at radius 2 is 2.18 bits per heavy atom. The van der Waals surface area contributed by atoms with Crippen LogP contribution in [0.5, 0.6) is 0 Å². The highest BCUT2D eigenvalue weighted by molar-refractivity contribution is 6.30. The molecule has 6 heteroatoms. The average Bonchev–Trinajstić information content (AvgIpc) is 2.97. The molecule has 1 aromatic carbocycles. The van der Waals surface area contributed by atoms with Gasteiger partial charge in [0.25, 0.3) is 5.91 Å². The molecular weight excluding hydrogens is 300 g/mol. The maximum Gasteiger partial charge on any atom is 0.272 e. The minimum atomic E-state index is -0.136. The zero-order chi connectivity index (χ0) is 15.5. The minimum absolute atomic E-state index is 0.0475. The van der Waals surface area contributed by atoms with E-state index in [9.17, 15) is 4.79 Å². The second-order valence-corrected chi connectivity index (χ2v) is 5.88. The van der Waals surface area contributed by atoms with E-state index in [0.717, 1.165) is 36.2 Å². The van der Waals surface area contributed by atoms with Crippen molar-refractivity contribution in [2.24, 2.45) is 0 Å². The molecule has 1 aliphatic heterocycles. The highest BCUT2D eigenvalue weighted by atomic mass is 35.5. The average molecular weight is 319 g/mol. The molecule has 1 aromatic heterocycles. The minimum Gasteiger partial charge on any atom is -0.344 e. The van der Waals surface area contributed by atoms with Crippen LogP contribution in [0.15, 0.2) is 24.3 Å². The number of carbonyl (C=O) groups excluding carboxylic acids is 1. The Bertz CT molecular complexity index is 665. The van der Waals surface area contributed by atoms with Crippen molar-refractivity contribution in [3.8, 4) is 0 Å². The van der Waals surface area contributed by atoms with Gasteiger partial charge in [0, 0.05) is 35.8 Å². The summed E-state index contributed by atoms with van der Waals surface area (Å²) >= 11 is 5.92. The molecule has 2 heterocycles. The number of benzene rings is 1. The first kappa shape index (κ1) is 15.1. The van der Waals surface area contributed by atoms with E-state index in [0.29, 0.717) is 17.3 Å². The van der Waals surface area contributed by atoms with Crippen molar-refractivity contribution in [3.63, 3.8) is 0 Å². The van der Waals surface area contributed by atoms with Crippen LogP contribution in [-0.2, 0) is 13.0 Å². The van der Waals surface area contributed by atoms with E-state index in [2.05, 4.69) is 20.8 Å². The van der Waals surface area contributed by atoms with Crippen molar-refractivity contribution >= 4 is 17.5 Å². The Labute approximate surface area is 134 Å². The summed E-state index contributed by atoms with van der Waals surface area (Å²) in [5.41, 5.74) is 3.58. The maximum absolute atomic E-state index is 12.5. The predicted octanol–water partition coefficient (Wildman–Crippen LogP) is 2.59. The fraction of sp³-hybridized carbons (Fsp3) is 0.375. The first-order valence-corrected chi connectivity index (χ1v) is 7.90. The Hall–Kier alpha value is -1.85. The lowest BCUT2D eigenvalue weighted by Gasteiger charge is -2.18. The lowest BCUT2D eigenvalue weighted by Crippen LogP contribution is -2.31. The summed E-state index contributed by atoms with van der Waals surface area (Å²) in [6, 6.07) is 7.52. The molecule has 116 valence electrons. The van der Waals surface area contributed by atoms with Crippen molar-refractivity contribution in [2.45, 2.75) is 32.4 Å². The molecule has 0 spiro atoms. The van der Waals surface area contributed by atoms with Crippen LogP contribution in [0, 0.1) is 0 Å². The van der Waals surface area contributed by atoms with Crippen LogP contribution < -0.4 is 10.6 Å². The molecule has 2 aromatic rings. The fourth-order valence-corrected chi connectivity index (χ4v) is 2.88. The number of hydrogen-bond acceptors (Lipinski definition) is 3. The molecular formula is C16H19ClN4O. The largest absolute Gasteiger partial charge is 0.344 e. The summed E-state index contributed by atoms with van der Waals surface area (Å²) in [7, 11) is 0. The third kappa shape index (κ3) is 3.00. The van der Waals surface area contributed by atoms with Gasteiger partial charge in [0.05, 0.1) is 6.04 Å². The van der Waals surface area contributed by atoms with Crippen LogP contribution in [0.1, 0.15) is 46.7 Å². The summed E-state index contributed by atoms with van der Waals surface area (Å²) in [4.78, 5) is 12.5. The summed E-state index contributed by atoms with van der Waals surface area (Å²) in [6.07, 6.45) is 1.68. The van der Waals surface area contributed by atoms with Crippen LogP contribution in [-0.4, -0.2) is 22.6 Å². The summed E-state index contributed by atoms with van der Waals surface area (Å²) in [6.45, 7) is 3.64. The first-order valence-electron chi connectivity index (χ1n) is 7.52. The number of rotatable bonds is 4. The Kier molecular flexibility index (Phi) is 4.45. The molecule has 1 unspecified atom stereocenters. The van der Waals surface area contributed by atoms with Gasteiger partial charge in [-0.1, -0.05) is 30.7 Å². The summed E-state index contributed by atoms with van der Waals surface area (Å²) in [5, 5.41) is 14.2. The number of nitrogens with one attached hydrogen (secondary N) is 3. The fourth-order valence-electron chi connectivity index (χ4n) is 2.76. The predicted molar refractivity (Wildman–Crippen MR) is 85.9 cm³/mol. The number of aromatic amines is 1. The van der Waals surface area contributed by atoms with Crippen molar-refractivity contribution in [1.29, 1.82) is 0 Å². The lowest BCUT2D eigenvalue weighted by atomic mass is 10.0. The van der Waals surface area contributed by atoms with E-state index in [1.165, 1.54) is 0 Å². The second kappa shape index (κ2) is 6.50. The van der Waals surface area contributed by atoms with Crippen LogP contribution >= 0.6 is 11.6 Å². The third-order valence-electron chi connectivity index (χ3n) is 4.01. The number of aromatic nitrogens is 2. The molecule has 22 heavy (non-hydrogen) atoms. The topological polar surface area (TPSA) is 69.8 Å². The third-order valence-corrected chi connectivity index (χ3v) is 4.26. The van der Waals surface area contributed by atoms with E-state index >= 15 is 0 Å². The molecule has 0 saturated carbocycles. The van der Waals surface area contributed by atoms with E-state index in [-0.39, 0.29) is 11.9 Å². The highest BCUT2D eigenvalue weighted by Gasteiger charge is 2.23. The second-order valence-electron chi connectivity index (χ2n) is 5.44. The summed E-state index contributed by atoms with van der Waals surface area (Å²) < 4.78 is 0. The number of hydrogen-bond donors (Lipinski definition) is 3. The molecule has 3 N–H and O–H groups in total. The van der Waals surface area contributed by atoms with E-state index < -0.39 is 0 Å². The van der Waals surface area contributed by atoms with Gasteiger partial charge in [0.1, 0.15) is 0 Å². The molecule has 0 aliphatic carbocycles. The van der Waals surface area contributed by atoms with Crippen molar-refractivity contribution < 1.29 is 4.79 Å². The monoisotopic (exact) mass is 318 g/mol. The molecule has 1 atom stereocenters. The number of nitrogens with zero attached hydrogens (tertiary/aromatic N) is 1. The smallest absolute Gasteiger partial charge is 0.272 e. The molecule has 0 bridgehead atoms. The molecule has 1 aliphatic rings. The van der Waals surface area contributed by atoms with Gasteiger partial charge in [-0.05, 0) is 24.1 Å². The highest BCUT2D eigenvalue weighted by Crippen LogP contribution is 2.21. The number of amides is 1. The first-order chi connectivity index (χ1) is 10.7. The molecule has 1 amide bonds. The Morgan fingerprint density at radius 1 is 1.41 bits per heavy atom. The maximum atomic E-state index is 12.5. The number of carbonyl (C=O) groups is 1. The number of halogens is 1. The molecule has 3 rings (SSSR count). The standard InChI is InChI=1S/C16H19ClN4O/c1-2-13(10-3-5-11(17)6-4-10)19-16(22)15-12-9-18-8-7-14(12)20-21-15/h3-6,13,18H,2,7-9H2,1H3,(H,19,22)(H,20,21). The molecule has 0 saturated heterocycles. The van der Waals surface area contributed by atoms with Gasteiger partial charge in [-0.15, -0.1) is 0 Å². The van der Waals surface area contributed by atoms with Crippen molar-refractivity contribution in [1.82, 2.24) is 20.8 Å². The molecule has 0 radical (unpaired) electrons. The Balaban J connectivity index is 1.77. The number of fused-ring (bicyclic) bond motifs is 1. The van der Waals surface area contributed by atoms with Crippen molar-refractivity contribution in [2.75, 3.05) is 6.54 Å². The van der Waals surface area contributed by atoms with E-state index in [1.54, 1.807) is 0 Å². The Morgan fingerprint density at radius 3 is 2.91 bits per heavy atom. The van der Waals surface area contributed by atoms with Gasteiger partial charge in [0.2, 0.25) is 0 Å². The van der Waals surface area contributed by atoms with Crippen LogP contribution in [0.25, 0.3) is 0 Å². The van der Waals surface area contributed by atoms with Gasteiger partial charge < -0.3 is 10.6 Å². The van der Waals surface area contributed by atoms with Crippen LogP contribution in [0.2, 0.25) is 5.02 Å². The van der Waals surface area contributed by atoms with Gasteiger partial charge in [0.15, 0.2) is 5.69 Å². The molecule has 0 fully saturated rings. The van der Waals surface area contributed by atoms with Gasteiger partial charge in [-0.25, -0.2) is 0 Å². The van der Waals surface area contributed by atoms with Gasteiger partial charge in [-0.2, -0.15) is 5.10 Å². The van der Waals surface area contributed by atoms with Crippen LogP contribution in [0.3, 0.4) is 0 Å². The summed E-state index contributed by atoms with van der Waals surface area (Å²) in [5.74, 6) is -0.136.